The van der Waals surface area contributed by atoms with E-state index in [2.05, 4.69) is 25.6 Å². The van der Waals surface area contributed by atoms with Crippen molar-refractivity contribution in [2.24, 2.45) is 0 Å². The van der Waals surface area contributed by atoms with Crippen LogP contribution in [0.4, 0.5) is 10.6 Å². The fraction of sp³-hybridized carbons (Fsp3) is 0.407. The Kier molecular flexibility index (Phi) is 7.97. The number of carboxylic acid groups (broad SMARTS) is 1. The highest BCUT2D eigenvalue weighted by molar-refractivity contribution is 5.95. The van der Waals surface area contributed by atoms with Crippen LogP contribution in [-0.2, 0) is 23.8 Å². The molecule has 2 aliphatic heterocycles. The molecular weight excluding hydrogens is 534 g/mol. The number of imidazole rings is 1. The monoisotopic (exact) mass is 565 g/mol. The lowest BCUT2D eigenvalue weighted by Gasteiger charge is -2.27. The molecule has 14 heteroatoms. The summed E-state index contributed by atoms with van der Waals surface area (Å²) in [5.41, 5.74) is 1.61. The van der Waals surface area contributed by atoms with Crippen LogP contribution in [0, 0.1) is 0 Å². The molecule has 216 valence electrons. The summed E-state index contributed by atoms with van der Waals surface area (Å²) in [5, 5.41) is 14.4. The number of fused-ring (bicyclic) bond motifs is 2. The molecule has 0 bridgehead atoms. The van der Waals surface area contributed by atoms with E-state index in [4.69, 9.17) is 19.3 Å². The smallest absolute Gasteiger partial charge is 0.320 e. The maximum Gasteiger partial charge on any atom is 0.320 e. The third-order valence-electron chi connectivity index (χ3n) is 6.79. The lowest BCUT2D eigenvalue weighted by atomic mass is 10.1. The molecule has 5 rings (SSSR count). The maximum atomic E-state index is 13.5. The molecule has 1 aromatic carbocycles. The first-order chi connectivity index (χ1) is 19.7. The molecule has 14 nitrogen and oxygen atoms in total. The first kappa shape index (κ1) is 28.1. The molecule has 0 spiro atoms. The van der Waals surface area contributed by atoms with Gasteiger partial charge in [0.25, 0.3) is 5.91 Å². The zero-order chi connectivity index (χ0) is 29.1. The number of urea groups is 1. The third kappa shape index (κ3) is 5.89. The molecule has 41 heavy (non-hydrogen) atoms. The number of benzene rings is 1. The summed E-state index contributed by atoms with van der Waals surface area (Å²) < 4.78 is 20.6. The molecule has 0 aliphatic carbocycles. The van der Waals surface area contributed by atoms with Crippen LogP contribution in [0.25, 0.3) is 17.2 Å². The first-order valence-electron chi connectivity index (χ1n) is 13.1. The van der Waals surface area contributed by atoms with Gasteiger partial charge in [0.1, 0.15) is 18.5 Å². The highest BCUT2D eigenvalue weighted by Gasteiger charge is 2.59. The van der Waals surface area contributed by atoms with Gasteiger partial charge in [-0.15, -0.1) is 0 Å². The standard InChI is InChI=1S/C27H31N7O7/c1-4-28-26(38)32-22-18-23(30-14-29-22)34(15-31-18)25-21-19(20(39-25)24(37)33(3)13-11-17(35)36)40-27(2,41-21)12-10-16-8-6-5-7-9-16/h5-10,12,14-15,19-21,25H,4,11,13H2,1-3H3,(H,35,36)(H2,28,29,30,32,38)/b12-10+. The Bertz CT molecular complexity index is 1460. The second kappa shape index (κ2) is 11.6. The Labute approximate surface area is 235 Å². The maximum absolute atomic E-state index is 13.5. The lowest BCUT2D eigenvalue weighted by Crippen LogP contribution is -2.44. The summed E-state index contributed by atoms with van der Waals surface area (Å²) in [5.74, 6) is -2.45. The van der Waals surface area contributed by atoms with Crippen LogP contribution in [0.1, 0.15) is 32.1 Å². The fourth-order valence-corrected chi connectivity index (χ4v) is 4.81. The Morgan fingerprint density at radius 2 is 1.90 bits per heavy atom. The zero-order valence-corrected chi connectivity index (χ0v) is 22.8. The number of ether oxygens (including phenoxy) is 3. The summed E-state index contributed by atoms with van der Waals surface area (Å²) in [6.07, 6.45) is 2.63. The number of nitrogens with one attached hydrogen (secondary N) is 2. The summed E-state index contributed by atoms with van der Waals surface area (Å²) in [4.78, 5) is 50.9. The van der Waals surface area contributed by atoms with Crippen LogP contribution < -0.4 is 10.6 Å². The van der Waals surface area contributed by atoms with Crippen molar-refractivity contribution in [2.75, 3.05) is 25.5 Å². The van der Waals surface area contributed by atoms with Crippen LogP contribution in [0.2, 0.25) is 0 Å². The lowest BCUT2D eigenvalue weighted by molar-refractivity contribution is -0.186. The van der Waals surface area contributed by atoms with Gasteiger partial charge in [-0.3, -0.25) is 19.5 Å². The second-order valence-corrected chi connectivity index (χ2v) is 9.81. The number of anilines is 1. The third-order valence-corrected chi connectivity index (χ3v) is 6.79. The van der Waals surface area contributed by atoms with Crippen LogP contribution in [0.3, 0.4) is 0 Å². The molecule has 0 radical (unpaired) electrons. The molecule has 2 aliphatic rings. The van der Waals surface area contributed by atoms with Gasteiger partial charge >= 0.3 is 12.0 Å². The summed E-state index contributed by atoms with van der Waals surface area (Å²) in [6, 6.07) is 9.19. The van der Waals surface area contributed by atoms with E-state index in [0.717, 1.165) is 5.56 Å². The molecule has 3 aromatic rings. The van der Waals surface area contributed by atoms with Crippen molar-refractivity contribution in [3.63, 3.8) is 0 Å². The number of aliphatic carboxylic acids is 1. The first-order valence-corrected chi connectivity index (χ1v) is 13.1. The van der Waals surface area contributed by atoms with Crippen LogP contribution >= 0.6 is 0 Å². The van der Waals surface area contributed by atoms with Gasteiger partial charge in [0.15, 0.2) is 35.1 Å². The van der Waals surface area contributed by atoms with E-state index in [0.29, 0.717) is 17.7 Å². The molecule has 2 aromatic heterocycles. The van der Waals surface area contributed by atoms with Crippen LogP contribution in [0.5, 0.6) is 0 Å². The van der Waals surface area contributed by atoms with Gasteiger partial charge in [0, 0.05) is 20.1 Å². The van der Waals surface area contributed by atoms with Gasteiger partial charge in [-0.1, -0.05) is 36.4 Å². The number of carbonyl (C=O) groups is 3. The van der Waals surface area contributed by atoms with Crippen molar-refractivity contribution in [1.29, 1.82) is 0 Å². The highest BCUT2D eigenvalue weighted by atomic mass is 16.8. The minimum atomic E-state index is -1.19. The van der Waals surface area contributed by atoms with Gasteiger partial charge in [-0.2, -0.15) is 0 Å². The normalized spacial score (nSPS) is 25.3. The van der Waals surface area contributed by atoms with Gasteiger partial charge in [0.2, 0.25) is 0 Å². The van der Waals surface area contributed by atoms with E-state index in [9.17, 15) is 14.4 Å². The average molecular weight is 566 g/mol. The van der Waals surface area contributed by atoms with Crippen molar-refractivity contribution < 1.29 is 33.7 Å². The highest BCUT2D eigenvalue weighted by Crippen LogP contribution is 2.45. The zero-order valence-electron chi connectivity index (χ0n) is 22.8. The number of rotatable bonds is 9. The summed E-state index contributed by atoms with van der Waals surface area (Å²) in [6.45, 7) is 3.97. The van der Waals surface area contributed by atoms with Crippen LogP contribution in [-0.4, -0.2) is 91.7 Å². The van der Waals surface area contributed by atoms with Gasteiger partial charge in [-0.05, 0) is 25.5 Å². The van der Waals surface area contributed by atoms with E-state index < -0.39 is 48.2 Å². The van der Waals surface area contributed by atoms with Crippen molar-refractivity contribution in [2.45, 2.75) is 50.6 Å². The van der Waals surface area contributed by atoms with Crippen molar-refractivity contribution in [3.8, 4) is 0 Å². The SMILES string of the molecule is CCNC(=O)Nc1ncnc2c1ncn2C1OC(C(=O)N(C)CCC(=O)O)C2OC(C)(/C=C/c3ccccc3)OC21. The molecule has 2 saturated heterocycles. The average Bonchev–Trinajstić information content (AvgIpc) is 3.63. The van der Waals surface area contributed by atoms with E-state index >= 15 is 0 Å². The van der Waals surface area contributed by atoms with Crippen molar-refractivity contribution >= 4 is 41.0 Å². The number of amides is 3. The minimum absolute atomic E-state index is 0.00179. The van der Waals surface area contributed by atoms with E-state index in [1.165, 1.54) is 24.6 Å². The number of hydrogen-bond acceptors (Lipinski definition) is 9. The van der Waals surface area contributed by atoms with Crippen LogP contribution in [0.15, 0.2) is 49.1 Å². The number of hydrogen-bond donors (Lipinski definition) is 3. The number of aromatic nitrogens is 4. The summed E-state index contributed by atoms with van der Waals surface area (Å²) in [7, 11) is 1.51. The van der Waals surface area contributed by atoms with Crippen molar-refractivity contribution in [1.82, 2.24) is 29.7 Å². The molecule has 2 fully saturated rings. The number of carbonyl (C=O) groups excluding carboxylic acids is 2. The molecule has 3 amide bonds. The van der Waals surface area contributed by atoms with E-state index in [1.807, 2.05) is 36.4 Å². The largest absolute Gasteiger partial charge is 0.481 e. The van der Waals surface area contributed by atoms with Gasteiger partial charge in [-0.25, -0.2) is 19.7 Å². The second-order valence-electron chi connectivity index (χ2n) is 9.81. The molecule has 5 unspecified atom stereocenters. The fourth-order valence-electron chi connectivity index (χ4n) is 4.81. The van der Waals surface area contributed by atoms with E-state index in [1.54, 1.807) is 24.5 Å². The minimum Gasteiger partial charge on any atom is -0.481 e. The molecule has 3 N–H and O–H groups in total. The quantitative estimate of drug-likeness (QED) is 0.349. The number of carboxylic acids is 1. The Balaban J connectivity index is 1.46. The molecular formula is C27H31N7O7. The molecule has 4 heterocycles. The summed E-state index contributed by atoms with van der Waals surface area (Å²) >= 11 is 0. The van der Waals surface area contributed by atoms with Gasteiger partial charge in [0.05, 0.1) is 12.7 Å². The molecule has 5 atom stereocenters. The molecule has 0 saturated carbocycles. The number of nitrogens with zero attached hydrogens (tertiary/aromatic N) is 5. The van der Waals surface area contributed by atoms with Crippen molar-refractivity contribution in [3.05, 3.63) is 54.6 Å². The Hall–Kier alpha value is -4.40. The predicted molar refractivity (Wildman–Crippen MR) is 145 cm³/mol. The van der Waals surface area contributed by atoms with E-state index in [-0.39, 0.29) is 18.8 Å². The number of likely N-dealkylation sites (N-methyl/N-ethyl adjacent to an activating group) is 1. The topological polar surface area (TPSA) is 170 Å². The predicted octanol–water partition coefficient (Wildman–Crippen LogP) is 2.01. The Morgan fingerprint density at radius 3 is 2.63 bits per heavy atom. The Morgan fingerprint density at radius 1 is 1.15 bits per heavy atom. The van der Waals surface area contributed by atoms with Gasteiger partial charge < -0.3 is 29.5 Å².